The van der Waals surface area contributed by atoms with Crippen LogP contribution in [0.5, 0.6) is 0 Å². The number of esters is 2. The minimum atomic E-state index is -1.11. The molecule has 1 aromatic carbocycles. The first kappa shape index (κ1) is 18.8. The molecule has 11 heteroatoms. The molecular weight excluding hydrogens is 407 g/mol. The second kappa shape index (κ2) is 7.57. The molecule has 0 saturated heterocycles. The van der Waals surface area contributed by atoms with Gasteiger partial charge in [-0.05, 0) is 28.1 Å². The second-order valence-corrected chi connectivity index (χ2v) is 5.55. The summed E-state index contributed by atoms with van der Waals surface area (Å²) < 4.78 is 28.6. The Labute approximate surface area is 149 Å². The van der Waals surface area contributed by atoms with Crippen LogP contribution in [-0.2, 0) is 23.8 Å². The van der Waals surface area contributed by atoms with Gasteiger partial charge in [-0.3, -0.25) is 10.1 Å². The highest BCUT2D eigenvalue weighted by molar-refractivity contribution is 9.10. The van der Waals surface area contributed by atoms with Crippen LogP contribution in [0, 0.1) is 15.9 Å². The number of hydrogen-bond donors (Lipinski definition) is 0. The summed E-state index contributed by atoms with van der Waals surface area (Å²) in [6.07, 6.45) is 0. The van der Waals surface area contributed by atoms with E-state index in [1.807, 2.05) is 0 Å². The van der Waals surface area contributed by atoms with E-state index < -0.39 is 28.4 Å². The van der Waals surface area contributed by atoms with Gasteiger partial charge in [0.2, 0.25) is 5.82 Å². The van der Waals surface area contributed by atoms with Crippen molar-refractivity contribution in [3.8, 4) is 0 Å². The first-order chi connectivity index (χ1) is 11.8. The average Bonchev–Trinajstić information content (AvgIpc) is 2.61. The molecule has 9 nitrogen and oxygen atoms in total. The van der Waals surface area contributed by atoms with Gasteiger partial charge in [-0.15, -0.1) is 0 Å². The third-order valence-electron chi connectivity index (χ3n) is 3.34. The Hall–Kier alpha value is -2.53. The predicted octanol–water partition coefficient (Wildman–Crippen LogP) is 1.89. The third-order valence-corrected chi connectivity index (χ3v) is 3.98. The molecule has 1 aromatic rings. The molecule has 0 aromatic heterocycles. The van der Waals surface area contributed by atoms with E-state index in [2.05, 4.69) is 25.4 Å². The van der Waals surface area contributed by atoms with Crippen molar-refractivity contribution < 1.29 is 33.1 Å². The SMILES string of the molecule is COC(=O)C1=C(C(=O)OC)N(c2c(Br)ccc(F)c2[N+](=O)[O-])COC1. The summed E-state index contributed by atoms with van der Waals surface area (Å²) in [6.45, 7) is -0.609. The Balaban J connectivity index is 2.77. The maximum atomic E-state index is 14.0. The van der Waals surface area contributed by atoms with Crippen LogP contribution in [0.25, 0.3) is 0 Å². The molecule has 0 amide bonds. The van der Waals surface area contributed by atoms with Gasteiger partial charge >= 0.3 is 17.6 Å². The monoisotopic (exact) mass is 418 g/mol. The molecule has 0 saturated carbocycles. The smallest absolute Gasteiger partial charge is 0.355 e. The Kier molecular flexibility index (Phi) is 5.69. The lowest BCUT2D eigenvalue weighted by atomic mass is 10.1. The highest BCUT2D eigenvalue weighted by Crippen LogP contribution is 2.41. The lowest BCUT2D eigenvalue weighted by Crippen LogP contribution is -2.39. The van der Waals surface area contributed by atoms with E-state index in [-0.39, 0.29) is 34.8 Å². The lowest BCUT2D eigenvalue weighted by molar-refractivity contribution is -0.386. The molecule has 0 unspecified atom stereocenters. The van der Waals surface area contributed by atoms with E-state index in [9.17, 15) is 24.1 Å². The second-order valence-electron chi connectivity index (χ2n) is 4.70. The molecule has 0 bridgehead atoms. The van der Waals surface area contributed by atoms with Crippen molar-refractivity contribution in [3.63, 3.8) is 0 Å². The van der Waals surface area contributed by atoms with Crippen LogP contribution in [0.15, 0.2) is 27.9 Å². The van der Waals surface area contributed by atoms with E-state index in [0.717, 1.165) is 25.2 Å². The van der Waals surface area contributed by atoms with Gasteiger partial charge in [0.25, 0.3) is 0 Å². The van der Waals surface area contributed by atoms with E-state index in [1.54, 1.807) is 0 Å². The Morgan fingerprint density at radius 3 is 2.52 bits per heavy atom. The summed E-state index contributed by atoms with van der Waals surface area (Å²) in [6, 6.07) is 2.14. The summed E-state index contributed by atoms with van der Waals surface area (Å²) >= 11 is 3.10. The number of methoxy groups -OCH3 is 2. The van der Waals surface area contributed by atoms with Gasteiger partial charge in [0.1, 0.15) is 18.1 Å². The molecule has 0 aliphatic carbocycles. The Morgan fingerprint density at radius 2 is 1.96 bits per heavy atom. The molecule has 0 spiro atoms. The summed E-state index contributed by atoms with van der Waals surface area (Å²) in [5.41, 5.74) is -1.70. The molecule has 25 heavy (non-hydrogen) atoms. The van der Waals surface area contributed by atoms with Gasteiger partial charge in [0.15, 0.2) is 0 Å². The van der Waals surface area contributed by atoms with E-state index >= 15 is 0 Å². The maximum absolute atomic E-state index is 14.0. The largest absolute Gasteiger partial charge is 0.466 e. The zero-order valence-corrected chi connectivity index (χ0v) is 14.7. The molecule has 0 atom stereocenters. The fourth-order valence-corrected chi connectivity index (χ4v) is 2.81. The van der Waals surface area contributed by atoms with Crippen LogP contribution in [0.4, 0.5) is 15.8 Å². The number of ether oxygens (including phenoxy) is 3. The van der Waals surface area contributed by atoms with Crippen molar-refractivity contribution in [1.29, 1.82) is 0 Å². The normalized spacial score (nSPS) is 14.3. The van der Waals surface area contributed by atoms with Crippen LogP contribution in [0.1, 0.15) is 0 Å². The minimum absolute atomic E-state index is 0.122. The highest BCUT2D eigenvalue weighted by Gasteiger charge is 2.37. The molecule has 1 heterocycles. The van der Waals surface area contributed by atoms with E-state index in [0.29, 0.717) is 0 Å². The average molecular weight is 419 g/mol. The quantitative estimate of drug-likeness (QED) is 0.414. The number of nitro benzene ring substituents is 1. The molecule has 2 rings (SSSR count). The zero-order chi connectivity index (χ0) is 18.7. The highest BCUT2D eigenvalue weighted by atomic mass is 79.9. The third kappa shape index (κ3) is 3.46. The van der Waals surface area contributed by atoms with Crippen LogP contribution in [-0.4, -0.2) is 44.4 Å². The predicted molar refractivity (Wildman–Crippen MR) is 85.1 cm³/mol. The molecule has 0 fully saturated rings. The van der Waals surface area contributed by atoms with Gasteiger partial charge < -0.3 is 19.1 Å². The van der Waals surface area contributed by atoms with Gasteiger partial charge in [-0.2, -0.15) is 4.39 Å². The van der Waals surface area contributed by atoms with Crippen LogP contribution in [0.3, 0.4) is 0 Å². The number of carbonyl (C=O) groups excluding carboxylic acids is 2. The molecule has 1 aliphatic rings. The first-order valence-corrected chi connectivity index (χ1v) is 7.50. The number of hydrogen-bond acceptors (Lipinski definition) is 8. The molecule has 0 N–H and O–H groups in total. The maximum Gasteiger partial charge on any atom is 0.355 e. The number of benzene rings is 1. The van der Waals surface area contributed by atoms with Crippen LogP contribution in [0.2, 0.25) is 0 Å². The molecular formula is C14H12BrFN2O7. The fraction of sp³-hybridized carbons (Fsp3) is 0.286. The number of halogens is 2. The van der Waals surface area contributed by atoms with Crippen LogP contribution >= 0.6 is 15.9 Å². The van der Waals surface area contributed by atoms with Crippen molar-refractivity contribution >= 4 is 39.2 Å². The standard InChI is InChI=1S/C14H12BrFN2O7/c1-23-13(19)7-5-25-6-17(10(7)14(20)24-2)11-8(15)3-4-9(16)12(11)18(21)22/h3-4H,5-6H2,1-2H3. The number of anilines is 1. The van der Waals surface area contributed by atoms with Gasteiger partial charge in [0.05, 0.1) is 31.3 Å². The van der Waals surface area contributed by atoms with Crippen molar-refractivity contribution in [3.05, 3.63) is 43.8 Å². The van der Waals surface area contributed by atoms with Crippen molar-refractivity contribution in [2.75, 3.05) is 32.5 Å². The van der Waals surface area contributed by atoms with E-state index in [4.69, 9.17) is 4.74 Å². The zero-order valence-electron chi connectivity index (χ0n) is 13.1. The van der Waals surface area contributed by atoms with Crippen LogP contribution < -0.4 is 4.90 Å². The number of nitro groups is 1. The topological polar surface area (TPSA) is 108 Å². The molecule has 134 valence electrons. The summed E-state index contributed by atoms with van der Waals surface area (Å²) in [4.78, 5) is 35.5. The van der Waals surface area contributed by atoms with Gasteiger partial charge in [-0.1, -0.05) is 0 Å². The number of rotatable bonds is 4. The summed E-state index contributed by atoms with van der Waals surface area (Å²) in [5.74, 6) is -2.94. The molecule has 1 aliphatic heterocycles. The van der Waals surface area contributed by atoms with E-state index in [1.165, 1.54) is 6.07 Å². The van der Waals surface area contributed by atoms with Crippen molar-refractivity contribution in [2.24, 2.45) is 0 Å². The fourth-order valence-electron chi connectivity index (χ4n) is 2.28. The minimum Gasteiger partial charge on any atom is -0.466 e. The summed E-state index contributed by atoms with van der Waals surface area (Å²) in [7, 11) is 2.18. The van der Waals surface area contributed by atoms with Crippen molar-refractivity contribution in [2.45, 2.75) is 0 Å². The van der Waals surface area contributed by atoms with Crippen molar-refractivity contribution in [1.82, 2.24) is 0 Å². The van der Waals surface area contributed by atoms with Gasteiger partial charge in [0, 0.05) is 4.47 Å². The summed E-state index contributed by atoms with van der Waals surface area (Å²) in [5, 5.41) is 11.3. The molecule has 0 radical (unpaired) electrons. The first-order valence-electron chi connectivity index (χ1n) is 6.70. The Bertz CT molecular complexity index is 781. The number of nitrogens with zero attached hydrogens (tertiary/aromatic N) is 2. The van der Waals surface area contributed by atoms with Gasteiger partial charge in [-0.25, -0.2) is 9.59 Å². The Morgan fingerprint density at radius 1 is 1.32 bits per heavy atom. The number of carbonyl (C=O) groups is 2. The lowest BCUT2D eigenvalue weighted by Gasteiger charge is -2.31.